The summed E-state index contributed by atoms with van der Waals surface area (Å²) in [6, 6.07) is 0. The van der Waals surface area contributed by atoms with Crippen molar-refractivity contribution in [3.8, 4) is 0 Å². The van der Waals surface area contributed by atoms with Gasteiger partial charge >= 0.3 is 0 Å². The molecular weight excluding hydrogens is 276 g/mol. The number of hydrogen-bond donors (Lipinski definition) is 1. The number of amidine groups is 1. The second-order valence-corrected chi connectivity index (χ2v) is 4.91. The molecule has 1 aliphatic heterocycles. The van der Waals surface area contributed by atoms with Crippen molar-refractivity contribution in [2.45, 2.75) is 32.6 Å². The van der Waals surface area contributed by atoms with Crippen LogP contribution < -0.4 is 0 Å². The lowest BCUT2D eigenvalue weighted by Gasteiger charge is -2.10. The number of rotatable bonds is 5. The zero-order valence-corrected chi connectivity index (χ0v) is 12.7. The van der Waals surface area contributed by atoms with Crippen LogP contribution in [-0.4, -0.2) is 27.3 Å². The molecule has 1 aromatic heterocycles. The number of hydrogen-bond acceptors (Lipinski definition) is 4. The average Bonchev–Trinajstić information content (AvgIpc) is 3.21. The maximum atomic E-state index is 11.8. The molecule has 5 heteroatoms. The maximum absolute atomic E-state index is 11.8. The van der Waals surface area contributed by atoms with E-state index < -0.39 is 0 Å². The van der Waals surface area contributed by atoms with E-state index in [0.29, 0.717) is 5.84 Å². The molecule has 0 bridgehead atoms. The maximum Gasteiger partial charge on any atom is 0.184 e. The number of aliphatic imine (C=N–C) groups is 2. The van der Waals surface area contributed by atoms with E-state index in [9.17, 15) is 4.79 Å². The molecule has 3 rings (SSSR count). The number of carbonyl (C=O) groups is 1. The number of aromatic amines is 1. The molecule has 5 nitrogen and oxygen atoms in total. The van der Waals surface area contributed by atoms with Crippen molar-refractivity contribution < 1.29 is 4.79 Å². The highest BCUT2D eigenvalue weighted by molar-refractivity contribution is 6.28. The van der Waals surface area contributed by atoms with Gasteiger partial charge < -0.3 is 4.98 Å². The van der Waals surface area contributed by atoms with Crippen molar-refractivity contribution >= 4 is 17.3 Å². The van der Waals surface area contributed by atoms with Gasteiger partial charge in [0.2, 0.25) is 0 Å². The number of H-pyrrole nitrogens is 1. The Morgan fingerprint density at radius 3 is 2.73 bits per heavy atom. The Morgan fingerprint density at radius 2 is 2.14 bits per heavy atom. The van der Waals surface area contributed by atoms with Gasteiger partial charge in [-0.3, -0.25) is 4.79 Å². The molecule has 0 fully saturated rings. The lowest BCUT2D eigenvalue weighted by atomic mass is 9.95. The molecule has 1 aromatic rings. The molecule has 2 aliphatic rings. The Morgan fingerprint density at radius 1 is 1.27 bits per heavy atom. The number of carbonyl (C=O) groups excluding carboxylic acids is 1. The fourth-order valence-corrected chi connectivity index (χ4v) is 2.18. The topological polar surface area (TPSA) is 70.5 Å². The summed E-state index contributed by atoms with van der Waals surface area (Å²) in [7, 11) is 0. The van der Waals surface area contributed by atoms with Gasteiger partial charge in [-0.1, -0.05) is 26.3 Å². The molecule has 1 aliphatic carbocycles. The third kappa shape index (κ3) is 3.97. The molecule has 0 saturated carbocycles. The first kappa shape index (κ1) is 15.8. The molecule has 114 valence electrons. The van der Waals surface area contributed by atoms with E-state index in [-0.39, 0.29) is 5.78 Å². The first-order valence-electron chi connectivity index (χ1n) is 7.44. The fraction of sp³-hybridized carbons (Fsp3) is 0.294. The van der Waals surface area contributed by atoms with Gasteiger partial charge in [0, 0.05) is 18.0 Å². The predicted molar refractivity (Wildman–Crippen MR) is 89.0 cm³/mol. The molecule has 0 spiro atoms. The van der Waals surface area contributed by atoms with E-state index >= 15 is 0 Å². The second kappa shape index (κ2) is 8.02. The van der Waals surface area contributed by atoms with Crippen molar-refractivity contribution in [3.63, 3.8) is 0 Å². The standard InChI is InChI=1S/C14H16N2O.C3H4N2/c1-3-5-6-7-10-12(17)9-8-11-14(10)16-13(4-2)15-11;1-2-5-3-4-1/h4,8-9H,2-3,5-7H2,1H3;1-3H,(H,4,5). The van der Waals surface area contributed by atoms with Crippen molar-refractivity contribution in [2.75, 3.05) is 0 Å². The van der Waals surface area contributed by atoms with Gasteiger partial charge in [0.25, 0.3) is 0 Å². The molecule has 0 unspecified atom stereocenters. The van der Waals surface area contributed by atoms with Crippen LogP contribution in [0.4, 0.5) is 0 Å². The van der Waals surface area contributed by atoms with Crippen LogP contribution in [0.15, 0.2) is 64.8 Å². The molecular formula is C17H20N4O. The quantitative estimate of drug-likeness (QED) is 0.668. The molecule has 22 heavy (non-hydrogen) atoms. The van der Waals surface area contributed by atoms with Gasteiger partial charge in [0.05, 0.1) is 17.7 Å². The fourth-order valence-electron chi connectivity index (χ4n) is 2.18. The van der Waals surface area contributed by atoms with E-state index in [2.05, 4.69) is 33.5 Å². The zero-order valence-electron chi connectivity index (χ0n) is 12.7. The van der Waals surface area contributed by atoms with E-state index in [1.165, 1.54) is 0 Å². The van der Waals surface area contributed by atoms with Crippen LogP contribution in [0.2, 0.25) is 0 Å². The Hall–Kier alpha value is -2.56. The van der Waals surface area contributed by atoms with Crippen molar-refractivity contribution in [1.29, 1.82) is 0 Å². The van der Waals surface area contributed by atoms with E-state index in [0.717, 1.165) is 42.7 Å². The summed E-state index contributed by atoms with van der Waals surface area (Å²) in [5.74, 6) is 0.673. The summed E-state index contributed by atoms with van der Waals surface area (Å²) >= 11 is 0. The van der Waals surface area contributed by atoms with Crippen LogP contribution in [0.3, 0.4) is 0 Å². The predicted octanol–water partition coefficient (Wildman–Crippen LogP) is 3.41. The molecule has 1 N–H and O–H groups in total. The minimum atomic E-state index is 0.0733. The van der Waals surface area contributed by atoms with Crippen LogP contribution in [0.5, 0.6) is 0 Å². The molecule has 0 amide bonds. The minimum Gasteiger partial charge on any atom is -0.351 e. The Bertz CT molecular complexity index is 631. The number of nitrogens with zero attached hydrogens (tertiary/aromatic N) is 3. The first-order valence-corrected chi connectivity index (χ1v) is 7.44. The number of fused-ring (bicyclic) bond motifs is 1. The smallest absolute Gasteiger partial charge is 0.184 e. The first-order chi connectivity index (χ1) is 10.8. The second-order valence-electron chi connectivity index (χ2n) is 4.91. The summed E-state index contributed by atoms with van der Waals surface area (Å²) in [6.07, 6.45) is 14.1. The normalized spacial score (nSPS) is 15.8. The van der Waals surface area contributed by atoms with Gasteiger partial charge in [-0.05, 0) is 31.1 Å². The van der Waals surface area contributed by atoms with Gasteiger partial charge in [0.1, 0.15) is 0 Å². The minimum absolute atomic E-state index is 0.0733. The Labute approximate surface area is 130 Å². The molecule has 0 radical (unpaired) electrons. The number of imidazole rings is 1. The van der Waals surface area contributed by atoms with Crippen LogP contribution in [0.25, 0.3) is 0 Å². The summed E-state index contributed by atoms with van der Waals surface area (Å²) in [5, 5.41) is 0. The summed E-state index contributed by atoms with van der Waals surface area (Å²) in [4.78, 5) is 26.9. The van der Waals surface area contributed by atoms with Gasteiger partial charge in [-0.2, -0.15) is 0 Å². The zero-order chi connectivity index (χ0) is 15.8. The van der Waals surface area contributed by atoms with Crippen LogP contribution >= 0.6 is 0 Å². The third-order valence-corrected chi connectivity index (χ3v) is 3.30. The highest BCUT2D eigenvalue weighted by atomic mass is 16.1. The number of allylic oxidation sites excluding steroid dienone is 3. The van der Waals surface area contributed by atoms with E-state index in [1.54, 1.807) is 36.9 Å². The molecule has 0 atom stereocenters. The van der Waals surface area contributed by atoms with Gasteiger partial charge in [0.15, 0.2) is 11.6 Å². The highest BCUT2D eigenvalue weighted by Gasteiger charge is 2.24. The summed E-state index contributed by atoms with van der Waals surface area (Å²) < 4.78 is 0. The molecule has 2 heterocycles. The number of aromatic nitrogens is 2. The number of unbranched alkanes of at least 4 members (excludes halogenated alkanes) is 2. The summed E-state index contributed by atoms with van der Waals surface area (Å²) in [5.41, 5.74) is 2.35. The molecule has 0 saturated heterocycles. The van der Waals surface area contributed by atoms with E-state index in [1.807, 2.05) is 0 Å². The van der Waals surface area contributed by atoms with Crippen molar-refractivity contribution in [2.24, 2.45) is 9.98 Å². The SMILES string of the molecule is C=CC1=NC2=C(CCCCC)C(=O)C=CC2=N1.c1c[nH]cn1. The van der Waals surface area contributed by atoms with Crippen LogP contribution in [-0.2, 0) is 4.79 Å². The van der Waals surface area contributed by atoms with Gasteiger partial charge in [-0.25, -0.2) is 15.0 Å². The number of ketones is 1. The molecule has 0 aromatic carbocycles. The van der Waals surface area contributed by atoms with Gasteiger partial charge in [-0.15, -0.1) is 0 Å². The monoisotopic (exact) mass is 296 g/mol. The lowest BCUT2D eigenvalue weighted by molar-refractivity contribution is -0.111. The largest absolute Gasteiger partial charge is 0.351 e. The average molecular weight is 296 g/mol. The van der Waals surface area contributed by atoms with Crippen LogP contribution in [0, 0.1) is 0 Å². The lowest BCUT2D eigenvalue weighted by Crippen LogP contribution is -2.11. The number of nitrogens with one attached hydrogen (secondary N) is 1. The van der Waals surface area contributed by atoms with Crippen molar-refractivity contribution in [1.82, 2.24) is 9.97 Å². The third-order valence-electron chi connectivity index (χ3n) is 3.30. The van der Waals surface area contributed by atoms with E-state index in [4.69, 9.17) is 0 Å². The summed E-state index contributed by atoms with van der Waals surface area (Å²) in [6.45, 7) is 5.80. The van der Waals surface area contributed by atoms with Crippen LogP contribution in [0.1, 0.15) is 32.6 Å². The van der Waals surface area contributed by atoms with Crippen molar-refractivity contribution in [3.05, 3.63) is 54.8 Å². The Kier molecular flexibility index (Phi) is 5.77. The Balaban J connectivity index is 0.000000299. The highest BCUT2D eigenvalue weighted by Crippen LogP contribution is 2.25.